The van der Waals surface area contributed by atoms with Crippen molar-refractivity contribution in [3.8, 4) is 0 Å². The Balaban J connectivity index is 2.14. The molecule has 1 aliphatic heterocycles. The van der Waals surface area contributed by atoms with Crippen LogP contribution in [0.25, 0.3) is 0 Å². The van der Waals surface area contributed by atoms with Gasteiger partial charge >= 0.3 is 0 Å². The van der Waals surface area contributed by atoms with E-state index in [1.54, 1.807) is 7.11 Å². The molecule has 19 heavy (non-hydrogen) atoms. The molecule has 0 radical (unpaired) electrons. The van der Waals surface area contributed by atoms with Crippen LogP contribution in [0.15, 0.2) is 6.20 Å². The number of methoxy groups -OCH3 is 1. The fourth-order valence-corrected chi connectivity index (χ4v) is 2.28. The Hall–Kier alpha value is -1.11. The Morgan fingerprint density at radius 3 is 3.11 bits per heavy atom. The Morgan fingerprint density at radius 1 is 1.58 bits per heavy atom. The molecule has 2 N–H and O–H groups in total. The predicted molar refractivity (Wildman–Crippen MR) is 74.5 cm³/mol. The molecule has 1 aromatic rings. The molecule has 1 aliphatic rings. The van der Waals surface area contributed by atoms with Crippen LogP contribution in [0.3, 0.4) is 0 Å². The van der Waals surface area contributed by atoms with Gasteiger partial charge in [0.05, 0.1) is 25.0 Å². The number of rotatable bonds is 6. The lowest BCUT2D eigenvalue weighted by molar-refractivity contribution is 0.0457. The van der Waals surface area contributed by atoms with Gasteiger partial charge in [-0.05, 0) is 6.42 Å². The van der Waals surface area contributed by atoms with Crippen molar-refractivity contribution in [2.75, 3.05) is 44.9 Å². The lowest BCUT2D eigenvalue weighted by atomic mass is 10.3. The van der Waals surface area contributed by atoms with Crippen LogP contribution in [0, 0.1) is 0 Å². The summed E-state index contributed by atoms with van der Waals surface area (Å²) in [6, 6.07) is 0. The smallest absolute Gasteiger partial charge is 0.205 e. The molecule has 108 valence electrons. The second kappa shape index (κ2) is 6.88. The van der Waals surface area contributed by atoms with Gasteiger partial charge in [0.2, 0.25) is 5.95 Å². The first-order valence-corrected chi connectivity index (χ1v) is 6.90. The van der Waals surface area contributed by atoms with Crippen LogP contribution in [-0.2, 0) is 22.4 Å². The molecule has 1 aromatic heterocycles. The first-order valence-electron chi connectivity index (χ1n) is 6.90. The summed E-state index contributed by atoms with van der Waals surface area (Å²) in [7, 11) is 1.72. The van der Waals surface area contributed by atoms with Crippen molar-refractivity contribution in [1.29, 1.82) is 0 Å². The molecule has 2 rings (SSSR count). The van der Waals surface area contributed by atoms with Crippen LogP contribution >= 0.6 is 0 Å². The minimum atomic E-state index is 0.103. The second-order valence-electron chi connectivity index (χ2n) is 4.75. The SMILES string of the molecule is CCc1cn(CCOC)c(N2CCOC(CN)C2)n1. The average molecular weight is 268 g/mol. The van der Waals surface area contributed by atoms with E-state index in [1.807, 2.05) is 0 Å². The lowest BCUT2D eigenvalue weighted by Crippen LogP contribution is -2.46. The van der Waals surface area contributed by atoms with Gasteiger partial charge in [-0.25, -0.2) is 4.98 Å². The first kappa shape index (κ1) is 14.3. The monoisotopic (exact) mass is 268 g/mol. The van der Waals surface area contributed by atoms with Crippen LogP contribution in [0.1, 0.15) is 12.6 Å². The van der Waals surface area contributed by atoms with Crippen LogP contribution in [0.5, 0.6) is 0 Å². The van der Waals surface area contributed by atoms with Crippen LogP contribution in [0.2, 0.25) is 0 Å². The number of morpholine rings is 1. The molecular weight excluding hydrogens is 244 g/mol. The third-order valence-corrected chi connectivity index (χ3v) is 3.39. The van der Waals surface area contributed by atoms with Crippen molar-refractivity contribution in [2.45, 2.75) is 26.0 Å². The predicted octanol–water partition coefficient (Wildman–Crippen LogP) is 0.256. The largest absolute Gasteiger partial charge is 0.383 e. The molecule has 0 amide bonds. The zero-order valence-electron chi connectivity index (χ0n) is 11.8. The van der Waals surface area contributed by atoms with Crippen LogP contribution < -0.4 is 10.6 Å². The quantitative estimate of drug-likeness (QED) is 0.801. The summed E-state index contributed by atoms with van der Waals surface area (Å²) in [6.07, 6.45) is 3.16. The number of aromatic nitrogens is 2. The van der Waals surface area contributed by atoms with E-state index in [2.05, 4.69) is 22.6 Å². The van der Waals surface area contributed by atoms with Crippen LogP contribution in [0.4, 0.5) is 5.95 Å². The van der Waals surface area contributed by atoms with Gasteiger partial charge < -0.3 is 24.7 Å². The van der Waals surface area contributed by atoms with Gasteiger partial charge in [-0.1, -0.05) is 6.92 Å². The van der Waals surface area contributed by atoms with E-state index in [0.29, 0.717) is 19.8 Å². The van der Waals surface area contributed by atoms with Crippen molar-refractivity contribution >= 4 is 5.95 Å². The summed E-state index contributed by atoms with van der Waals surface area (Å²) < 4.78 is 12.9. The fourth-order valence-electron chi connectivity index (χ4n) is 2.28. The minimum Gasteiger partial charge on any atom is -0.383 e. The highest BCUT2D eigenvalue weighted by molar-refractivity contribution is 5.34. The van der Waals surface area contributed by atoms with Crippen molar-refractivity contribution in [2.24, 2.45) is 5.73 Å². The summed E-state index contributed by atoms with van der Waals surface area (Å²) in [5.74, 6) is 1.01. The van der Waals surface area contributed by atoms with Crippen molar-refractivity contribution in [3.63, 3.8) is 0 Å². The minimum absolute atomic E-state index is 0.103. The van der Waals surface area contributed by atoms with Gasteiger partial charge in [0.25, 0.3) is 0 Å². The number of nitrogens with two attached hydrogens (primary N) is 1. The molecule has 1 atom stereocenters. The first-order chi connectivity index (χ1) is 9.28. The Morgan fingerprint density at radius 2 is 2.42 bits per heavy atom. The van der Waals surface area contributed by atoms with Gasteiger partial charge in [0.15, 0.2) is 0 Å². The fraction of sp³-hybridized carbons (Fsp3) is 0.769. The number of ether oxygens (including phenoxy) is 2. The number of nitrogens with zero attached hydrogens (tertiary/aromatic N) is 3. The van der Waals surface area contributed by atoms with E-state index in [4.69, 9.17) is 20.2 Å². The topological polar surface area (TPSA) is 65.5 Å². The number of imidazole rings is 1. The summed E-state index contributed by atoms with van der Waals surface area (Å²) in [6.45, 7) is 6.57. The molecule has 0 aromatic carbocycles. The van der Waals surface area contributed by atoms with Gasteiger partial charge in [0.1, 0.15) is 0 Å². The zero-order chi connectivity index (χ0) is 13.7. The van der Waals surface area contributed by atoms with E-state index in [9.17, 15) is 0 Å². The van der Waals surface area contributed by atoms with E-state index < -0.39 is 0 Å². The van der Waals surface area contributed by atoms with Gasteiger partial charge in [-0.2, -0.15) is 0 Å². The van der Waals surface area contributed by atoms with E-state index in [0.717, 1.165) is 37.7 Å². The normalized spacial score (nSPS) is 19.9. The third kappa shape index (κ3) is 3.46. The van der Waals surface area contributed by atoms with Gasteiger partial charge in [0, 0.05) is 39.5 Å². The zero-order valence-corrected chi connectivity index (χ0v) is 11.8. The maximum absolute atomic E-state index is 5.69. The molecule has 6 nitrogen and oxygen atoms in total. The van der Waals surface area contributed by atoms with Crippen molar-refractivity contribution < 1.29 is 9.47 Å². The Labute approximate surface area is 114 Å². The Bertz CT molecular complexity index is 394. The van der Waals surface area contributed by atoms with E-state index in [-0.39, 0.29) is 6.10 Å². The molecular formula is C13H24N4O2. The number of aryl methyl sites for hydroxylation is 1. The van der Waals surface area contributed by atoms with E-state index >= 15 is 0 Å². The summed E-state index contributed by atoms with van der Waals surface area (Å²) in [5, 5.41) is 0. The highest BCUT2D eigenvalue weighted by Crippen LogP contribution is 2.18. The number of hydrogen-bond donors (Lipinski definition) is 1. The summed E-state index contributed by atoms with van der Waals surface area (Å²) in [4.78, 5) is 6.97. The maximum Gasteiger partial charge on any atom is 0.205 e. The molecule has 0 aliphatic carbocycles. The number of hydrogen-bond acceptors (Lipinski definition) is 5. The van der Waals surface area contributed by atoms with Gasteiger partial charge in [-0.3, -0.25) is 0 Å². The van der Waals surface area contributed by atoms with Gasteiger partial charge in [-0.15, -0.1) is 0 Å². The molecule has 1 saturated heterocycles. The Kier molecular flexibility index (Phi) is 5.18. The van der Waals surface area contributed by atoms with Crippen molar-refractivity contribution in [1.82, 2.24) is 9.55 Å². The molecule has 1 unspecified atom stereocenters. The highest BCUT2D eigenvalue weighted by Gasteiger charge is 2.23. The molecule has 1 fully saturated rings. The molecule has 0 bridgehead atoms. The molecule has 0 saturated carbocycles. The highest BCUT2D eigenvalue weighted by atomic mass is 16.5. The summed E-state index contributed by atoms with van der Waals surface area (Å²) >= 11 is 0. The molecule has 2 heterocycles. The van der Waals surface area contributed by atoms with Crippen molar-refractivity contribution in [3.05, 3.63) is 11.9 Å². The maximum atomic E-state index is 5.69. The van der Waals surface area contributed by atoms with Crippen LogP contribution in [-0.4, -0.2) is 55.6 Å². The molecule has 6 heteroatoms. The average Bonchev–Trinajstić information content (AvgIpc) is 2.88. The second-order valence-corrected chi connectivity index (χ2v) is 4.75. The molecule has 0 spiro atoms. The standard InChI is InChI=1S/C13H24N4O2/c1-3-11-9-16(4-6-18-2)13(15-11)17-5-7-19-12(8-14)10-17/h9,12H,3-8,10,14H2,1-2H3. The third-order valence-electron chi connectivity index (χ3n) is 3.39. The summed E-state index contributed by atoms with van der Waals surface area (Å²) in [5.41, 5.74) is 6.81. The van der Waals surface area contributed by atoms with E-state index in [1.165, 1.54) is 0 Å². The lowest BCUT2D eigenvalue weighted by Gasteiger charge is -2.33. The number of anilines is 1.